The van der Waals surface area contributed by atoms with E-state index in [2.05, 4.69) is 16.0 Å². The van der Waals surface area contributed by atoms with E-state index < -0.39 is 0 Å². The Morgan fingerprint density at radius 1 is 1.15 bits per heavy atom. The summed E-state index contributed by atoms with van der Waals surface area (Å²) in [6.07, 6.45) is 0.980. The zero-order valence-corrected chi connectivity index (χ0v) is 11.9. The third kappa shape index (κ3) is 6.31. The first-order valence-corrected chi connectivity index (χ1v) is 6.55. The highest BCUT2D eigenvalue weighted by atomic mass is 16.5. The zero-order chi connectivity index (χ0) is 14.8. The first kappa shape index (κ1) is 16.1. The van der Waals surface area contributed by atoms with Crippen LogP contribution in [-0.2, 0) is 14.3 Å². The molecule has 1 aromatic carbocycles. The second-order valence-corrected chi connectivity index (χ2v) is 4.29. The number of amides is 2. The SMILES string of the molecule is CCCNCC(=O)Nc1cccc(NC(=O)COC)c1. The van der Waals surface area contributed by atoms with Gasteiger partial charge in [0.2, 0.25) is 11.8 Å². The number of carbonyl (C=O) groups excluding carboxylic acids is 2. The highest BCUT2D eigenvalue weighted by Crippen LogP contribution is 2.14. The molecule has 0 heterocycles. The van der Waals surface area contributed by atoms with Gasteiger partial charge in [-0.15, -0.1) is 0 Å². The monoisotopic (exact) mass is 279 g/mol. The lowest BCUT2D eigenvalue weighted by Crippen LogP contribution is -2.28. The standard InChI is InChI=1S/C14H21N3O3/c1-3-7-15-9-13(18)16-11-5-4-6-12(8-11)17-14(19)10-20-2/h4-6,8,15H,3,7,9-10H2,1-2H3,(H,16,18)(H,17,19). The third-order valence-corrected chi connectivity index (χ3v) is 2.42. The molecule has 0 aliphatic carbocycles. The van der Waals surface area contributed by atoms with E-state index in [1.54, 1.807) is 24.3 Å². The van der Waals surface area contributed by atoms with Gasteiger partial charge in [0.05, 0.1) is 6.54 Å². The first-order chi connectivity index (χ1) is 9.65. The number of hydrogen-bond donors (Lipinski definition) is 3. The summed E-state index contributed by atoms with van der Waals surface area (Å²) < 4.78 is 4.74. The predicted molar refractivity (Wildman–Crippen MR) is 78.7 cm³/mol. The molecule has 0 unspecified atom stereocenters. The van der Waals surface area contributed by atoms with Crippen LogP contribution in [0.2, 0.25) is 0 Å². The minimum absolute atomic E-state index is 0.00246. The first-order valence-electron chi connectivity index (χ1n) is 6.55. The van der Waals surface area contributed by atoms with Crippen LogP contribution in [0.1, 0.15) is 13.3 Å². The largest absolute Gasteiger partial charge is 0.375 e. The number of methoxy groups -OCH3 is 1. The van der Waals surface area contributed by atoms with Gasteiger partial charge >= 0.3 is 0 Å². The van der Waals surface area contributed by atoms with Crippen molar-refractivity contribution >= 4 is 23.2 Å². The maximum Gasteiger partial charge on any atom is 0.250 e. The molecule has 0 radical (unpaired) electrons. The second-order valence-electron chi connectivity index (χ2n) is 4.29. The summed E-state index contributed by atoms with van der Waals surface area (Å²) in [7, 11) is 1.46. The fourth-order valence-corrected chi connectivity index (χ4v) is 1.59. The highest BCUT2D eigenvalue weighted by Gasteiger charge is 2.04. The van der Waals surface area contributed by atoms with Gasteiger partial charge in [0.1, 0.15) is 6.61 Å². The van der Waals surface area contributed by atoms with Gasteiger partial charge in [0, 0.05) is 18.5 Å². The van der Waals surface area contributed by atoms with Gasteiger partial charge in [-0.2, -0.15) is 0 Å². The van der Waals surface area contributed by atoms with Crippen molar-refractivity contribution in [3.05, 3.63) is 24.3 Å². The number of rotatable bonds is 8. The van der Waals surface area contributed by atoms with E-state index in [0.29, 0.717) is 11.4 Å². The van der Waals surface area contributed by atoms with Crippen LogP contribution < -0.4 is 16.0 Å². The second kappa shape index (κ2) is 9.06. The number of nitrogens with one attached hydrogen (secondary N) is 3. The lowest BCUT2D eigenvalue weighted by atomic mass is 10.2. The Morgan fingerprint density at radius 3 is 2.40 bits per heavy atom. The molecule has 2 amide bonds. The van der Waals surface area contributed by atoms with Gasteiger partial charge in [-0.05, 0) is 31.2 Å². The van der Waals surface area contributed by atoms with E-state index in [-0.39, 0.29) is 25.0 Å². The quantitative estimate of drug-likeness (QED) is 0.625. The molecule has 1 rings (SSSR count). The summed E-state index contributed by atoms with van der Waals surface area (Å²) in [5.41, 5.74) is 1.26. The van der Waals surface area contributed by atoms with E-state index in [9.17, 15) is 9.59 Å². The molecule has 1 aromatic rings. The topological polar surface area (TPSA) is 79.5 Å². The van der Waals surface area contributed by atoms with Crippen LogP contribution in [0.25, 0.3) is 0 Å². The maximum absolute atomic E-state index is 11.6. The van der Waals surface area contributed by atoms with Crippen LogP contribution in [0, 0.1) is 0 Å². The number of anilines is 2. The fourth-order valence-electron chi connectivity index (χ4n) is 1.59. The van der Waals surface area contributed by atoms with Crippen LogP contribution in [0.4, 0.5) is 11.4 Å². The predicted octanol–water partition coefficient (Wildman–Crippen LogP) is 1.21. The van der Waals surface area contributed by atoms with Crippen LogP contribution in [-0.4, -0.2) is 38.6 Å². The van der Waals surface area contributed by atoms with Crippen LogP contribution in [0.5, 0.6) is 0 Å². The summed E-state index contributed by atoms with van der Waals surface area (Å²) in [4.78, 5) is 23.0. The summed E-state index contributed by atoms with van der Waals surface area (Å²) in [5, 5.41) is 8.46. The number of benzene rings is 1. The molecule has 0 aliphatic rings. The van der Waals surface area contributed by atoms with Gasteiger partial charge in [0.25, 0.3) is 0 Å². The summed E-state index contributed by atoms with van der Waals surface area (Å²) in [6.45, 7) is 3.11. The van der Waals surface area contributed by atoms with Crippen molar-refractivity contribution in [1.82, 2.24) is 5.32 Å². The zero-order valence-electron chi connectivity index (χ0n) is 11.9. The molecule has 0 bridgehead atoms. The Labute approximate surface area is 118 Å². The average molecular weight is 279 g/mol. The fraction of sp³-hybridized carbons (Fsp3) is 0.429. The summed E-state index contributed by atoms with van der Waals surface area (Å²) >= 11 is 0. The Hall–Kier alpha value is -1.92. The molecule has 0 saturated carbocycles. The van der Waals surface area contributed by atoms with E-state index in [4.69, 9.17) is 4.74 Å². The molecule has 0 spiro atoms. The van der Waals surface area contributed by atoms with Gasteiger partial charge < -0.3 is 20.7 Å². The van der Waals surface area contributed by atoms with Gasteiger partial charge in [-0.3, -0.25) is 9.59 Å². The van der Waals surface area contributed by atoms with Crippen molar-refractivity contribution < 1.29 is 14.3 Å². The van der Waals surface area contributed by atoms with Crippen LogP contribution in [0.15, 0.2) is 24.3 Å². The van der Waals surface area contributed by atoms with Crippen molar-refractivity contribution in [3.63, 3.8) is 0 Å². The molecule has 0 saturated heterocycles. The average Bonchev–Trinajstić information content (AvgIpc) is 2.39. The molecule has 0 aromatic heterocycles. The molecular weight excluding hydrogens is 258 g/mol. The molecule has 0 fully saturated rings. The smallest absolute Gasteiger partial charge is 0.250 e. The Morgan fingerprint density at radius 2 is 1.80 bits per heavy atom. The van der Waals surface area contributed by atoms with Crippen molar-refractivity contribution in [1.29, 1.82) is 0 Å². The summed E-state index contributed by atoms with van der Waals surface area (Å²) in [5.74, 6) is -0.348. The number of ether oxygens (including phenoxy) is 1. The molecule has 110 valence electrons. The minimum atomic E-state index is -0.236. The lowest BCUT2D eigenvalue weighted by molar-refractivity contribution is -0.119. The molecule has 0 atom stereocenters. The third-order valence-electron chi connectivity index (χ3n) is 2.42. The van der Waals surface area contributed by atoms with Crippen molar-refractivity contribution in [2.45, 2.75) is 13.3 Å². The Kier molecular flexibility index (Phi) is 7.31. The van der Waals surface area contributed by atoms with Gasteiger partial charge in [-0.1, -0.05) is 13.0 Å². The maximum atomic E-state index is 11.6. The van der Waals surface area contributed by atoms with E-state index in [1.165, 1.54) is 7.11 Å². The highest BCUT2D eigenvalue weighted by molar-refractivity contribution is 5.95. The van der Waals surface area contributed by atoms with Gasteiger partial charge in [0.15, 0.2) is 0 Å². The van der Waals surface area contributed by atoms with Crippen molar-refractivity contribution in [2.75, 3.05) is 37.4 Å². The van der Waals surface area contributed by atoms with Crippen molar-refractivity contribution in [3.8, 4) is 0 Å². The van der Waals surface area contributed by atoms with E-state index in [1.807, 2.05) is 6.92 Å². The van der Waals surface area contributed by atoms with Crippen LogP contribution in [0.3, 0.4) is 0 Å². The Balaban J connectivity index is 2.50. The van der Waals surface area contributed by atoms with Gasteiger partial charge in [-0.25, -0.2) is 0 Å². The van der Waals surface area contributed by atoms with Crippen molar-refractivity contribution in [2.24, 2.45) is 0 Å². The normalized spacial score (nSPS) is 10.1. The molecule has 3 N–H and O–H groups in total. The molecule has 20 heavy (non-hydrogen) atoms. The molecule has 6 nitrogen and oxygen atoms in total. The summed E-state index contributed by atoms with van der Waals surface area (Å²) in [6, 6.07) is 6.98. The minimum Gasteiger partial charge on any atom is -0.375 e. The Bertz CT molecular complexity index is 449. The molecule has 0 aliphatic heterocycles. The number of carbonyl (C=O) groups is 2. The van der Waals surface area contributed by atoms with E-state index in [0.717, 1.165) is 13.0 Å². The van der Waals surface area contributed by atoms with Crippen LogP contribution >= 0.6 is 0 Å². The lowest BCUT2D eigenvalue weighted by Gasteiger charge is -2.09. The number of hydrogen-bond acceptors (Lipinski definition) is 4. The van der Waals surface area contributed by atoms with E-state index >= 15 is 0 Å². The molecular formula is C14H21N3O3. The molecule has 6 heteroatoms.